The van der Waals surface area contributed by atoms with Crippen molar-refractivity contribution in [2.75, 3.05) is 0 Å². The number of hydrogen-bond donors (Lipinski definition) is 0. The fourth-order valence-electron chi connectivity index (χ4n) is 3.30. The van der Waals surface area contributed by atoms with Gasteiger partial charge in [0.25, 0.3) is 0 Å². The first-order chi connectivity index (χ1) is 14.5. The van der Waals surface area contributed by atoms with Gasteiger partial charge in [0, 0.05) is 13.8 Å². The van der Waals surface area contributed by atoms with Crippen molar-refractivity contribution in [2.24, 2.45) is 0 Å². The second kappa shape index (κ2) is 10.7. The van der Waals surface area contributed by atoms with Crippen molar-refractivity contribution in [3.8, 4) is 0 Å². The number of benzene rings is 2. The Kier molecular flexibility index (Phi) is 7.76. The van der Waals surface area contributed by atoms with E-state index in [1.54, 1.807) is 12.2 Å². The van der Waals surface area contributed by atoms with Crippen molar-refractivity contribution in [2.45, 2.75) is 51.5 Å². The van der Waals surface area contributed by atoms with Crippen LogP contribution in [0.25, 0.3) is 0 Å². The minimum atomic E-state index is -0.819. The minimum Gasteiger partial charge on any atom is -0.455 e. The molecule has 1 aliphatic carbocycles. The maximum atomic E-state index is 11.8. The van der Waals surface area contributed by atoms with Crippen molar-refractivity contribution >= 4 is 11.9 Å². The van der Waals surface area contributed by atoms with Crippen molar-refractivity contribution < 1.29 is 28.5 Å². The van der Waals surface area contributed by atoms with Crippen molar-refractivity contribution in [1.29, 1.82) is 0 Å². The molecule has 158 valence electrons. The highest BCUT2D eigenvalue weighted by Crippen LogP contribution is 2.26. The Labute approximate surface area is 176 Å². The molecule has 1 aliphatic rings. The zero-order valence-electron chi connectivity index (χ0n) is 17.1. The Morgan fingerprint density at radius 3 is 1.37 bits per heavy atom. The number of rotatable bonds is 8. The van der Waals surface area contributed by atoms with E-state index < -0.39 is 36.4 Å². The fraction of sp³-hybridized carbons (Fsp3) is 0.333. The normalized spacial score (nSPS) is 23.0. The smallest absolute Gasteiger partial charge is 0.303 e. The van der Waals surface area contributed by atoms with E-state index in [1.807, 2.05) is 60.7 Å². The molecule has 3 rings (SSSR count). The second-order valence-electron chi connectivity index (χ2n) is 7.06. The molecule has 0 bridgehead atoms. The van der Waals surface area contributed by atoms with Gasteiger partial charge in [0.05, 0.1) is 13.2 Å². The predicted molar refractivity (Wildman–Crippen MR) is 110 cm³/mol. The van der Waals surface area contributed by atoms with Gasteiger partial charge in [0.2, 0.25) is 0 Å². The van der Waals surface area contributed by atoms with Crippen LogP contribution in [-0.2, 0) is 41.8 Å². The lowest BCUT2D eigenvalue weighted by Gasteiger charge is -2.37. The molecule has 2 aromatic carbocycles. The van der Waals surface area contributed by atoms with Crippen LogP contribution in [0.3, 0.4) is 0 Å². The lowest BCUT2D eigenvalue weighted by atomic mass is 9.95. The largest absolute Gasteiger partial charge is 0.455 e. The number of esters is 2. The van der Waals surface area contributed by atoms with Gasteiger partial charge in [-0.2, -0.15) is 0 Å². The molecule has 4 atom stereocenters. The van der Waals surface area contributed by atoms with E-state index in [2.05, 4.69) is 0 Å². The molecule has 0 amide bonds. The third kappa shape index (κ3) is 6.27. The van der Waals surface area contributed by atoms with Crippen LogP contribution >= 0.6 is 0 Å². The third-order valence-corrected chi connectivity index (χ3v) is 4.64. The van der Waals surface area contributed by atoms with E-state index in [0.717, 1.165) is 11.1 Å². The molecule has 30 heavy (non-hydrogen) atoms. The summed E-state index contributed by atoms with van der Waals surface area (Å²) in [6.07, 6.45) is 0.810. The quantitative estimate of drug-likeness (QED) is 0.489. The lowest BCUT2D eigenvalue weighted by Crippen LogP contribution is -2.52. The molecular formula is C24H26O6. The molecule has 2 aromatic rings. The first kappa shape index (κ1) is 21.7. The van der Waals surface area contributed by atoms with Crippen LogP contribution in [0.4, 0.5) is 0 Å². The summed E-state index contributed by atoms with van der Waals surface area (Å²) in [4.78, 5) is 23.5. The van der Waals surface area contributed by atoms with Crippen LogP contribution in [0.15, 0.2) is 72.8 Å². The summed E-state index contributed by atoms with van der Waals surface area (Å²) in [5, 5.41) is 0. The van der Waals surface area contributed by atoms with Crippen molar-refractivity contribution in [3.63, 3.8) is 0 Å². The number of hydrogen-bond acceptors (Lipinski definition) is 6. The van der Waals surface area contributed by atoms with E-state index in [4.69, 9.17) is 18.9 Å². The molecule has 0 fully saturated rings. The molecule has 6 nitrogen and oxygen atoms in total. The Hall–Kier alpha value is -2.96. The summed E-state index contributed by atoms with van der Waals surface area (Å²) in [7, 11) is 0. The molecule has 6 heteroatoms. The van der Waals surface area contributed by atoms with Crippen LogP contribution in [-0.4, -0.2) is 36.4 Å². The van der Waals surface area contributed by atoms with Crippen molar-refractivity contribution in [1.82, 2.24) is 0 Å². The van der Waals surface area contributed by atoms with Crippen LogP contribution < -0.4 is 0 Å². The van der Waals surface area contributed by atoms with E-state index in [-0.39, 0.29) is 0 Å². The van der Waals surface area contributed by atoms with Gasteiger partial charge in [-0.05, 0) is 11.1 Å². The fourth-order valence-corrected chi connectivity index (χ4v) is 3.30. The molecular weight excluding hydrogens is 384 g/mol. The van der Waals surface area contributed by atoms with Gasteiger partial charge in [-0.15, -0.1) is 0 Å². The standard InChI is InChI=1S/C24H26O6/c1-17(25)29-23-21(27-15-19-9-5-3-6-10-19)13-14-22(24(23)30-18(2)26)28-16-20-11-7-4-8-12-20/h3-14,21-24H,15-16H2,1-2H3/t21-,22-,23+,24+/m1/s1. The zero-order chi connectivity index (χ0) is 21.3. The average Bonchev–Trinajstić information content (AvgIpc) is 2.74. The van der Waals surface area contributed by atoms with Crippen LogP contribution in [0.2, 0.25) is 0 Å². The second-order valence-corrected chi connectivity index (χ2v) is 7.06. The van der Waals surface area contributed by atoms with Crippen LogP contribution in [0.1, 0.15) is 25.0 Å². The van der Waals surface area contributed by atoms with Gasteiger partial charge in [0.1, 0.15) is 12.2 Å². The van der Waals surface area contributed by atoms with Gasteiger partial charge in [-0.25, -0.2) is 0 Å². The maximum Gasteiger partial charge on any atom is 0.303 e. The predicted octanol–water partition coefficient (Wildman–Crippen LogP) is 3.59. The van der Waals surface area contributed by atoms with E-state index >= 15 is 0 Å². The van der Waals surface area contributed by atoms with E-state index in [1.165, 1.54) is 13.8 Å². The highest BCUT2D eigenvalue weighted by molar-refractivity contribution is 5.67. The lowest BCUT2D eigenvalue weighted by molar-refractivity contribution is -0.190. The Morgan fingerprint density at radius 1 is 0.667 bits per heavy atom. The van der Waals surface area contributed by atoms with E-state index in [0.29, 0.717) is 13.2 Å². The summed E-state index contributed by atoms with van der Waals surface area (Å²) in [5.41, 5.74) is 1.97. The highest BCUT2D eigenvalue weighted by atomic mass is 16.6. The Bertz CT molecular complexity index is 777. The molecule has 0 aromatic heterocycles. The monoisotopic (exact) mass is 410 g/mol. The molecule has 0 saturated heterocycles. The Morgan fingerprint density at radius 2 is 1.03 bits per heavy atom. The summed E-state index contributed by atoms with van der Waals surface area (Å²) in [6.45, 7) is 3.29. The summed E-state index contributed by atoms with van der Waals surface area (Å²) >= 11 is 0. The van der Waals surface area contributed by atoms with Gasteiger partial charge < -0.3 is 18.9 Å². The topological polar surface area (TPSA) is 71.1 Å². The number of ether oxygens (including phenoxy) is 4. The SMILES string of the molecule is CC(=O)O[C@@H]1[C@@H](OC(C)=O)[C@H](OCc2ccccc2)C=C[C@H]1OCc1ccccc1. The van der Waals surface area contributed by atoms with Gasteiger partial charge >= 0.3 is 11.9 Å². The molecule has 0 saturated carbocycles. The number of carbonyl (C=O) groups excluding carboxylic acids is 2. The summed E-state index contributed by atoms with van der Waals surface area (Å²) in [5.74, 6) is -0.967. The van der Waals surface area contributed by atoms with Gasteiger partial charge in [0.15, 0.2) is 12.2 Å². The summed E-state index contributed by atoms with van der Waals surface area (Å²) < 4.78 is 23.0. The molecule has 0 unspecified atom stereocenters. The minimum absolute atomic E-state index is 0.329. The first-order valence-corrected chi connectivity index (χ1v) is 9.87. The van der Waals surface area contributed by atoms with Crippen molar-refractivity contribution in [3.05, 3.63) is 83.9 Å². The zero-order valence-corrected chi connectivity index (χ0v) is 17.1. The van der Waals surface area contributed by atoms with Crippen LogP contribution in [0, 0.1) is 0 Å². The molecule has 0 heterocycles. The Balaban J connectivity index is 1.77. The van der Waals surface area contributed by atoms with E-state index in [9.17, 15) is 9.59 Å². The molecule has 0 aliphatic heterocycles. The molecule has 0 spiro atoms. The van der Waals surface area contributed by atoms with Gasteiger partial charge in [-0.1, -0.05) is 72.8 Å². The number of carbonyl (C=O) groups is 2. The van der Waals surface area contributed by atoms with Crippen LogP contribution in [0.5, 0.6) is 0 Å². The maximum absolute atomic E-state index is 11.8. The highest BCUT2D eigenvalue weighted by Gasteiger charge is 2.42. The molecule has 0 N–H and O–H groups in total. The van der Waals surface area contributed by atoms with Gasteiger partial charge in [-0.3, -0.25) is 9.59 Å². The molecule has 0 radical (unpaired) electrons. The summed E-state index contributed by atoms with van der Waals surface area (Å²) in [6, 6.07) is 19.3. The first-order valence-electron chi connectivity index (χ1n) is 9.87. The third-order valence-electron chi connectivity index (χ3n) is 4.64. The average molecular weight is 410 g/mol.